The number of hydrogen-bond acceptors (Lipinski definition) is 2. The minimum absolute atomic E-state index is 0.504. The first-order chi connectivity index (χ1) is 13.7. The highest BCUT2D eigenvalue weighted by atomic mass is 16.4. The average molecular weight is 364 g/mol. The zero-order valence-corrected chi connectivity index (χ0v) is 15.5. The molecule has 1 aliphatic carbocycles. The summed E-state index contributed by atoms with van der Waals surface area (Å²) in [5.41, 5.74) is 5.97. The highest BCUT2D eigenvalue weighted by Gasteiger charge is 2.47. The number of rotatable bonds is 5. The lowest BCUT2D eigenvalue weighted by atomic mass is 9.66. The van der Waals surface area contributed by atoms with Crippen molar-refractivity contribution in [3.63, 3.8) is 0 Å². The van der Waals surface area contributed by atoms with E-state index in [4.69, 9.17) is 0 Å². The molecule has 2 nitrogen and oxygen atoms in total. The average Bonchev–Trinajstić information content (AvgIpc) is 3.04. The van der Waals surface area contributed by atoms with E-state index >= 15 is 0 Å². The Morgan fingerprint density at radius 2 is 1.50 bits per heavy atom. The molecule has 1 unspecified atom stereocenters. The van der Waals surface area contributed by atoms with Crippen LogP contribution in [0.3, 0.4) is 0 Å². The Hall–Kier alpha value is -3.14. The minimum Gasteiger partial charge on any atom is -0.423 e. The third-order valence-electron chi connectivity index (χ3n) is 5.54. The Kier molecular flexibility index (Phi) is 4.64. The molecule has 2 N–H and O–H groups in total. The van der Waals surface area contributed by atoms with Crippen molar-refractivity contribution in [2.24, 2.45) is 0 Å². The largest absolute Gasteiger partial charge is 0.489 e. The first-order valence-electron chi connectivity index (χ1n) is 9.26. The predicted molar refractivity (Wildman–Crippen MR) is 117 cm³/mol. The van der Waals surface area contributed by atoms with Gasteiger partial charge < -0.3 is 10.0 Å². The van der Waals surface area contributed by atoms with Crippen LogP contribution in [0.1, 0.15) is 16.7 Å². The fourth-order valence-electron chi connectivity index (χ4n) is 4.52. The van der Waals surface area contributed by atoms with E-state index in [9.17, 15) is 10.0 Å². The Morgan fingerprint density at radius 3 is 2.18 bits per heavy atom. The highest BCUT2D eigenvalue weighted by Crippen LogP contribution is 2.55. The van der Waals surface area contributed by atoms with Crippen LogP contribution in [0.15, 0.2) is 110 Å². The fourth-order valence-corrected chi connectivity index (χ4v) is 4.52. The molecule has 1 aliphatic rings. The van der Waals surface area contributed by atoms with Crippen molar-refractivity contribution in [3.8, 4) is 11.1 Å². The Balaban J connectivity index is 2.23. The van der Waals surface area contributed by atoms with Crippen molar-refractivity contribution in [2.45, 2.75) is 5.41 Å². The summed E-state index contributed by atoms with van der Waals surface area (Å²) >= 11 is 0. The van der Waals surface area contributed by atoms with E-state index in [1.54, 1.807) is 12.1 Å². The van der Waals surface area contributed by atoms with Gasteiger partial charge >= 0.3 is 7.12 Å². The quantitative estimate of drug-likeness (QED) is 0.531. The molecule has 0 saturated heterocycles. The summed E-state index contributed by atoms with van der Waals surface area (Å²) in [6.07, 6.45) is 5.61. The minimum atomic E-state index is -1.55. The molecule has 28 heavy (non-hydrogen) atoms. The molecule has 0 saturated carbocycles. The van der Waals surface area contributed by atoms with Crippen molar-refractivity contribution in [2.75, 3.05) is 0 Å². The normalized spacial score (nSPS) is 17.6. The van der Waals surface area contributed by atoms with E-state index in [1.807, 2.05) is 54.6 Å². The second-order valence-corrected chi connectivity index (χ2v) is 6.87. The van der Waals surface area contributed by atoms with E-state index in [1.165, 1.54) is 0 Å². The van der Waals surface area contributed by atoms with Crippen LogP contribution in [0.25, 0.3) is 11.1 Å². The van der Waals surface area contributed by atoms with Crippen LogP contribution >= 0.6 is 0 Å². The van der Waals surface area contributed by atoms with Crippen LogP contribution in [0.4, 0.5) is 0 Å². The molecule has 3 aromatic rings. The smallest absolute Gasteiger partial charge is 0.423 e. The van der Waals surface area contributed by atoms with Crippen LogP contribution in [-0.4, -0.2) is 17.2 Å². The van der Waals surface area contributed by atoms with Gasteiger partial charge in [0.2, 0.25) is 0 Å². The summed E-state index contributed by atoms with van der Waals surface area (Å²) in [5, 5.41) is 20.1. The molecular weight excluding hydrogens is 343 g/mol. The SMILES string of the molecule is C=C/C=C(\C=C)C1(c2ccccc2)c2ccccc2-c2c(B(O)O)cccc21. The van der Waals surface area contributed by atoms with Gasteiger partial charge in [-0.25, -0.2) is 0 Å². The van der Waals surface area contributed by atoms with Gasteiger partial charge in [0.15, 0.2) is 0 Å². The van der Waals surface area contributed by atoms with Crippen molar-refractivity contribution in [3.05, 3.63) is 126 Å². The molecule has 0 spiro atoms. The lowest BCUT2D eigenvalue weighted by Crippen LogP contribution is -2.33. The van der Waals surface area contributed by atoms with Gasteiger partial charge in [-0.2, -0.15) is 0 Å². The summed E-state index contributed by atoms with van der Waals surface area (Å²) in [7, 11) is -1.55. The molecule has 0 bridgehead atoms. The van der Waals surface area contributed by atoms with Crippen molar-refractivity contribution >= 4 is 12.6 Å². The Labute approximate surface area is 166 Å². The lowest BCUT2D eigenvalue weighted by molar-refractivity contribution is 0.426. The van der Waals surface area contributed by atoms with E-state index in [-0.39, 0.29) is 0 Å². The van der Waals surface area contributed by atoms with Gasteiger partial charge in [0, 0.05) is 0 Å². The number of allylic oxidation sites excluding steroid dienone is 4. The zero-order valence-electron chi connectivity index (χ0n) is 15.5. The molecule has 1 atom stereocenters. The van der Waals surface area contributed by atoms with Crippen LogP contribution < -0.4 is 5.46 Å². The van der Waals surface area contributed by atoms with Crippen molar-refractivity contribution in [1.82, 2.24) is 0 Å². The number of hydrogen-bond donors (Lipinski definition) is 2. The van der Waals surface area contributed by atoms with Gasteiger partial charge in [0.1, 0.15) is 0 Å². The Bertz CT molecular complexity index is 1080. The van der Waals surface area contributed by atoms with Gasteiger partial charge in [-0.15, -0.1) is 0 Å². The molecule has 0 amide bonds. The summed E-state index contributed by atoms with van der Waals surface area (Å²) < 4.78 is 0. The summed E-state index contributed by atoms with van der Waals surface area (Å²) in [4.78, 5) is 0. The molecular formula is C25H21BO2. The number of fused-ring (bicyclic) bond motifs is 3. The number of benzene rings is 3. The first-order valence-corrected chi connectivity index (χ1v) is 9.26. The fraction of sp³-hybridized carbons (Fsp3) is 0.0400. The van der Waals surface area contributed by atoms with Crippen LogP contribution in [0, 0.1) is 0 Å². The molecule has 0 fully saturated rings. The van der Waals surface area contributed by atoms with E-state index in [2.05, 4.69) is 37.4 Å². The maximum Gasteiger partial charge on any atom is 0.489 e. The molecule has 0 radical (unpaired) electrons. The zero-order chi connectivity index (χ0) is 19.7. The molecule has 136 valence electrons. The lowest BCUT2D eigenvalue weighted by Gasteiger charge is -2.34. The molecule has 4 rings (SSSR count). The summed E-state index contributed by atoms with van der Waals surface area (Å²) in [6, 6.07) is 24.1. The van der Waals surface area contributed by atoms with Crippen LogP contribution in [0.5, 0.6) is 0 Å². The van der Waals surface area contributed by atoms with E-state index < -0.39 is 12.5 Å². The van der Waals surface area contributed by atoms with Gasteiger partial charge in [0.25, 0.3) is 0 Å². The highest BCUT2D eigenvalue weighted by molar-refractivity contribution is 6.60. The standard InChI is InChI=1S/C25H21BO2/c1-3-11-18(4-2)25(19-12-6-5-7-13-19)21-15-9-8-14-20(21)24-22(25)16-10-17-23(24)26(27)28/h3-17,27-28H,1-2H2/b18-11+. The van der Waals surface area contributed by atoms with E-state index in [0.29, 0.717) is 5.46 Å². The summed E-state index contributed by atoms with van der Waals surface area (Å²) in [5.74, 6) is 0. The second kappa shape index (κ2) is 7.12. The topological polar surface area (TPSA) is 40.5 Å². The third-order valence-corrected chi connectivity index (χ3v) is 5.54. The summed E-state index contributed by atoms with van der Waals surface area (Å²) in [6.45, 7) is 7.98. The van der Waals surface area contributed by atoms with Gasteiger partial charge in [-0.1, -0.05) is 104 Å². The molecule has 0 aliphatic heterocycles. The Morgan fingerprint density at radius 1 is 0.821 bits per heavy atom. The van der Waals surface area contributed by atoms with Crippen LogP contribution in [0.2, 0.25) is 0 Å². The molecule has 0 aromatic heterocycles. The molecule has 0 heterocycles. The van der Waals surface area contributed by atoms with E-state index in [0.717, 1.165) is 33.4 Å². The monoisotopic (exact) mass is 364 g/mol. The molecule has 3 heteroatoms. The predicted octanol–water partition coefficient (Wildman–Crippen LogP) is 3.98. The van der Waals surface area contributed by atoms with Crippen molar-refractivity contribution < 1.29 is 10.0 Å². The second-order valence-electron chi connectivity index (χ2n) is 6.87. The maximum atomic E-state index is 10.1. The maximum absolute atomic E-state index is 10.1. The van der Waals surface area contributed by atoms with Gasteiger partial charge in [0.05, 0.1) is 5.41 Å². The molecule has 3 aromatic carbocycles. The van der Waals surface area contributed by atoms with Gasteiger partial charge in [-0.3, -0.25) is 0 Å². The van der Waals surface area contributed by atoms with Crippen molar-refractivity contribution in [1.29, 1.82) is 0 Å². The van der Waals surface area contributed by atoms with Gasteiger partial charge in [-0.05, 0) is 38.9 Å². The third kappa shape index (κ3) is 2.44. The first kappa shape index (κ1) is 18.2. The van der Waals surface area contributed by atoms with Crippen LogP contribution in [-0.2, 0) is 5.41 Å².